The van der Waals surface area contributed by atoms with Crippen LogP contribution >= 0.6 is 15.9 Å². The molecule has 0 spiro atoms. The molecule has 3 aliphatic rings. The van der Waals surface area contributed by atoms with Gasteiger partial charge in [0.05, 0.1) is 18.2 Å². The minimum Gasteiger partial charge on any atom is -0.493 e. The Morgan fingerprint density at radius 1 is 0.881 bits per heavy atom. The van der Waals surface area contributed by atoms with Crippen LogP contribution in [0.15, 0.2) is 63.4 Å². The van der Waals surface area contributed by atoms with E-state index in [1.165, 1.54) is 5.56 Å². The van der Waals surface area contributed by atoms with Crippen molar-refractivity contribution in [2.24, 2.45) is 10.8 Å². The Kier molecular flexibility index (Phi) is 8.47. The quantitative estimate of drug-likeness (QED) is 0.296. The Balaban J connectivity index is 1.65. The summed E-state index contributed by atoms with van der Waals surface area (Å²) >= 11 is 3.75. The predicted octanol–water partition coefficient (Wildman–Crippen LogP) is 7.68. The lowest BCUT2D eigenvalue weighted by Gasteiger charge is -2.49. The Morgan fingerprint density at radius 2 is 1.45 bits per heavy atom. The summed E-state index contributed by atoms with van der Waals surface area (Å²) in [7, 11) is 3.31. The van der Waals surface area contributed by atoms with E-state index in [0.717, 1.165) is 51.0 Å². The summed E-state index contributed by atoms with van der Waals surface area (Å²) in [5.41, 5.74) is 6.27. The molecule has 224 valence electrons. The minimum atomic E-state index is -0.461. The molecule has 7 heteroatoms. The summed E-state index contributed by atoms with van der Waals surface area (Å²) in [4.78, 5) is 30.3. The van der Waals surface area contributed by atoms with Crippen molar-refractivity contribution in [2.75, 3.05) is 27.4 Å². The van der Waals surface area contributed by atoms with Crippen molar-refractivity contribution in [1.82, 2.24) is 4.90 Å². The zero-order valence-corrected chi connectivity index (χ0v) is 27.4. The second kappa shape index (κ2) is 11.6. The molecule has 6 nitrogen and oxygen atoms in total. The molecule has 2 aliphatic carbocycles. The average molecular weight is 637 g/mol. The van der Waals surface area contributed by atoms with E-state index in [9.17, 15) is 9.59 Å². The number of carbonyl (C=O) groups excluding carboxylic acids is 2. The molecular formula is C35H42BrNO5. The molecule has 0 saturated carbocycles. The Labute approximate surface area is 258 Å². The van der Waals surface area contributed by atoms with Gasteiger partial charge < -0.3 is 19.1 Å². The molecule has 0 atom stereocenters. The first-order valence-corrected chi connectivity index (χ1v) is 15.5. The zero-order chi connectivity index (χ0) is 30.4. The number of aryl methyl sites for hydroxylation is 1. The van der Waals surface area contributed by atoms with Crippen LogP contribution in [-0.2, 0) is 20.9 Å². The van der Waals surface area contributed by atoms with Crippen molar-refractivity contribution in [2.45, 2.75) is 72.8 Å². The number of Topliss-reactive ketones (excluding diaryl/α,β-unsaturated/α-hetero) is 2. The predicted molar refractivity (Wildman–Crippen MR) is 168 cm³/mol. The van der Waals surface area contributed by atoms with Crippen LogP contribution in [0.1, 0.15) is 76.0 Å². The molecule has 5 rings (SSSR count). The number of hydrogen-bond acceptors (Lipinski definition) is 6. The largest absolute Gasteiger partial charge is 0.493 e. The fraction of sp³-hybridized carbons (Fsp3) is 0.486. The van der Waals surface area contributed by atoms with Crippen molar-refractivity contribution in [3.63, 3.8) is 0 Å². The van der Waals surface area contributed by atoms with Gasteiger partial charge in [0.25, 0.3) is 0 Å². The van der Waals surface area contributed by atoms with E-state index < -0.39 is 5.92 Å². The second-order valence-corrected chi connectivity index (χ2v) is 14.3. The van der Waals surface area contributed by atoms with Gasteiger partial charge in [0.2, 0.25) is 0 Å². The molecule has 42 heavy (non-hydrogen) atoms. The summed E-state index contributed by atoms with van der Waals surface area (Å²) in [5.74, 6) is 0.900. The van der Waals surface area contributed by atoms with Crippen LogP contribution in [0.2, 0.25) is 0 Å². The Morgan fingerprint density at radius 3 is 1.98 bits per heavy atom. The third kappa shape index (κ3) is 5.96. The lowest BCUT2D eigenvalue weighted by atomic mass is 9.63. The molecule has 1 aliphatic heterocycles. The van der Waals surface area contributed by atoms with E-state index >= 15 is 0 Å². The third-order valence-corrected chi connectivity index (χ3v) is 9.22. The molecule has 0 bridgehead atoms. The van der Waals surface area contributed by atoms with Crippen LogP contribution in [0.3, 0.4) is 0 Å². The molecule has 2 aromatic carbocycles. The van der Waals surface area contributed by atoms with E-state index in [4.69, 9.17) is 14.2 Å². The topological polar surface area (TPSA) is 65.1 Å². The number of benzene rings is 2. The summed E-state index contributed by atoms with van der Waals surface area (Å²) in [6, 6.07) is 12.2. The fourth-order valence-electron chi connectivity index (χ4n) is 6.72. The summed E-state index contributed by atoms with van der Waals surface area (Å²) in [5, 5.41) is 0. The van der Waals surface area contributed by atoms with Crippen LogP contribution in [-0.4, -0.2) is 43.8 Å². The van der Waals surface area contributed by atoms with Gasteiger partial charge in [-0.3, -0.25) is 9.59 Å². The van der Waals surface area contributed by atoms with Gasteiger partial charge in [-0.05, 0) is 69.8 Å². The highest BCUT2D eigenvalue weighted by atomic mass is 79.9. The van der Waals surface area contributed by atoms with Crippen LogP contribution < -0.4 is 9.47 Å². The normalized spacial score (nSPS) is 20.0. The summed E-state index contributed by atoms with van der Waals surface area (Å²) < 4.78 is 18.3. The lowest BCUT2D eigenvalue weighted by molar-refractivity contribution is -0.119. The zero-order valence-electron chi connectivity index (χ0n) is 25.9. The van der Waals surface area contributed by atoms with Crippen molar-refractivity contribution >= 4 is 27.5 Å². The molecule has 0 fully saturated rings. The molecule has 0 saturated heterocycles. The smallest absolute Gasteiger partial charge is 0.175 e. The van der Waals surface area contributed by atoms with E-state index in [0.29, 0.717) is 44.1 Å². The number of ketones is 2. The van der Waals surface area contributed by atoms with Crippen LogP contribution in [0, 0.1) is 17.8 Å². The molecular weight excluding hydrogens is 594 g/mol. The standard InChI is InChI=1S/C35H42BrNO5/c1-21-8-10-22(11-9-21)20-42-33-24(36)14-23(15-29(33)41-7)30-31-25(16-34(2,3)18-27(31)38)37(12-13-40-6)26-17-35(4,5)19-28(39)32(26)30/h8-11,14-15,30H,12-13,16-20H2,1-7H3. The second-order valence-electron chi connectivity index (χ2n) is 13.5. The van der Waals surface area contributed by atoms with E-state index in [2.05, 4.69) is 79.7 Å². The van der Waals surface area contributed by atoms with Gasteiger partial charge in [0, 0.05) is 55.0 Å². The lowest BCUT2D eigenvalue weighted by Crippen LogP contribution is -2.45. The summed E-state index contributed by atoms with van der Waals surface area (Å²) in [6.07, 6.45) is 2.41. The van der Waals surface area contributed by atoms with Crippen molar-refractivity contribution in [3.8, 4) is 11.5 Å². The molecule has 0 N–H and O–H groups in total. The number of hydrogen-bond donors (Lipinski definition) is 0. The molecule has 0 unspecified atom stereocenters. The maximum Gasteiger partial charge on any atom is 0.175 e. The Bertz CT molecular complexity index is 1410. The van der Waals surface area contributed by atoms with E-state index in [-0.39, 0.29) is 22.4 Å². The van der Waals surface area contributed by atoms with Crippen molar-refractivity contribution in [1.29, 1.82) is 0 Å². The summed E-state index contributed by atoms with van der Waals surface area (Å²) in [6.45, 7) is 12.2. The van der Waals surface area contributed by atoms with Gasteiger partial charge in [0.1, 0.15) is 6.61 Å². The van der Waals surface area contributed by atoms with Crippen molar-refractivity contribution < 1.29 is 23.8 Å². The van der Waals surface area contributed by atoms with E-state index in [1.807, 2.05) is 12.1 Å². The van der Waals surface area contributed by atoms with Crippen molar-refractivity contribution in [3.05, 3.63) is 80.1 Å². The molecule has 1 heterocycles. The highest BCUT2D eigenvalue weighted by Crippen LogP contribution is 2.55. The van der Waals surface area contributed by atoms with Crippen LogP contribution in [0.5, 0.6) is 11.5 Å². The number of methoxy groups -OCH3 is 2. The number of carbonyl (C=O) groups is 2. The molecule has 0 aromatic heterocycles. The Hall–Kier alpha value is -2.90. The number of ether oxygens (including phenoxy) is 3. The maximum atomic E-state index is 14.0. The van der Waals surface area contributed by atoms with Gasteiger partial charge in [-0.25, -0.2) is 0 Å². The van der Waals surface area contributed by atoms with Gasteiger partial charge in [-0.2, -0.15) is 0 Å². The SMILES string of the molecule is COCCN1C2=C(C(=O)CC(C)(C)C2)C(c2cc(Br)c(OCc3ccc(C)cc3)c(OC)c2)C2=C1CC(C)(C)CC2=O. The molecule has 0 radical (unpaired) electrons. The highest BCUT2D eigenvalue weighted by molar-refractivity contribution is 9.10. The average Bonchev–Trinajstić information content (AvgIpc) is 2.90. The first kappa shape index (κ1) is 30.6. The van der Waals surface area contributed by atoms with Gasteiger partial charge in [-0.1, -0.05) is 57.5 Å². The number of nitrogens with zero attached hydrogens (tertiary/aromatic N) is 1. The minimum absolute atomic E-state index is 0.104. The number of halogens is 1. The number of allylic oxidation sites excluding steroid dienone is 4. The third-order valence-electron chi connectivity index (χ3n) is 8.63. The first-order chi connectivity index (χ1) is 19.8. The molecule has 0 amide bonds. The number of rotatable bonds is 8. The van der Waals surface area contributed by atoms with Crippen LogP contribution in [0.4, 0.5) is 0 Å². The highest BCUT2D eigenvalue weighted by Gasteiger charge is 2.49. The van der Waals surface area contributed by atoms with Crippen LogP contribution in [0.25, 0.3) is 0 Å². The first-order valence-electron chi connectivity index (χ1n) is 14.7. The van der Waals surface area contributed by atoms with E-state index in [1.54, 1.807) is 14.2 Å². The monoisotopic (exact) mass is 635 g/mol. The maximum absolute atomic E-state index is 14.0. The van der Waals surface area contributed by atoms with Gasteiger partial charge in [-0.15, -0.1) is 0 Å². The molecule has 2 aromatic rings. The van der Waals surface area contributed by atoms with Gasteiger partial charge in [0.15, 0.2) is 23.1 Å². The van der Waals surface area contributed by atoms with Gasteiger partial charge >= 0.3 is 0 Å². The fourth-order valence-corrected chi connectivity index (χ4v) is 7.29.